The summed E-state index contributed by atoms with van der Waals surface area (Å²) < 4.78 is 12.0. The van der Waals surface area contributed by atoms with Crippen LogP contribution in [-0.4, -0.2) is 29.4 Å². The van der Waals surface area contributed by atoms with Gasteiger partial charge in [0.15, 0.2) is 0 Å². The molecule has 0 bridgehead atoms. The molecule has 2 rings (SSSR count). The number of carboxylic acid groups (broad SMARTS) is 1. The van der Waals surface area contributed by atoms with Crippen molar-refractivity contribution in [2.24, 2.45) is 11.8 Å². The Kier molecular flexibility index (Phi) is 4.50. The van der Waals surface area contributed by atoms with Gasteiger partial charge in [0.25, 0.3) is 0 Å². The van der Waals surface area contributed by atoms with Crippen LogP contribution in [0, 0.1) is 11.8 Å². The van der Waals surface area contributed by atoms with E-state index in [1.807, 2.05) is 0 Å². The standard InChI is InChI=1S/C15H27BO4/c1-14(2)15(3,4)20-16(19-14)10-9-11-5-7-12(8-6-11)13(17)18/h11-12H,5-10H2,1-4H3,(H,17,18). The van der Waals surface area contributed by atoms with Crippen molar-refractivity contribution in [2.45, 2.75) is 77.3 Å². The van der Waals surface area contributed by atoms with E-state index in [-0.39, 0.29) is 24.2 Å². The van der Waals surface area contributed by atoms with Gasteiger partial charge < -0.3 is 14.4 Å². The number of carboxylic acids is 1. The predicted molar refractivity (Wildman–Crippen MR) is 78.6 cm³/mol. The molecule has 1 N–H and O–H groups in total. The highest BCUT2D eigenvalue weighted by Crippen LogP contribution is 2.39. The third-order valence-corrected chi connectivity index (χ3v) is 5.31. The molecular weight excluding hydrogens is 255 g/mol. The fourth-order valence-electron chi connectivity index (χ4n) is 3.15. The number of rotatable bonds is 4. The first-order chi connectivity index (χ1) is 9.21. The van der Waals surface area contributed by atoms with Crippen LogP contribution in [0.5, 0.6) is 0 Å². The fourth-order valence-corrected chi connectivity index (χ4v) is 3.15. The zero-order chi connectivity index (χ0) is 15.0. The van der Waals surface area contributed by atoms with Gasteiger partial charge in [-0.05, 0) is 65.6 Å². The third-order valence-electron chi connectivity index (χ3n) is 5.31. The zero-order valence-electron chi connectivity index (χ0n) is 13.1. The molecular formula is C15H27BO4. The Morgan fingerprint density at radius 2 is 1.60 bits per heavy atom. The molecule has 0 unspecified atom stereocenters. The van der Waals surface area contributed by atoms with E-state index in [0.29, 0.717) is 5.92 Å². The van der Waals surface area contributed by atoms with Gasteiger partial charge in [0.05, 0.1) is 17.1 Å². The van der Waals surface area contributed by atoms with Gasteiger partial charge in [0.2, 0.25) is 0 Å². The first kappa shape index (κ1) is 15.8. The van der Waals surface area contributed by atoms with E-state index in [9.17, 15) is 4.79 Å². The van der Waals surface area contributed by atoms with Crippen molar-refractivity contribution in [3.63, 3.8) is 0 Å². The molecule has 0 radical (unpaired) electrons. The molecule has 5 heteroatoms. The molecule has 0 amide bonds. The Morgan fingerprint density at radius 3 is 2.05 bits per heavy atom. The summed E-state index contributed by atoms with van der Waals surface area (Å²) in [7, 11) is -0.114. The van der Waals surface area contributed by atoms with Gasteiger partial charge in [-0.25, -0.2) is 0 Å². The van der Waals surface area contributed by atoms with E-state index in [2.05, 4.69) is 27.7 Å². The summed E-state index contributed by atoms with van der Waals surface area (Å²) in [5.74, 6) is -0.123. The Balaban J connectivity index is 1.74. The maximum Gasteiger partial charge on any atom is 0.457 e. The topological polar surface area (TPSA) is 55.8 Å². The number of aliphatic carboxylic acids is 1. The molecule has 0 atom stereocenters. The molecule has 1 aliphatic carbocycles. The van der Waals surface area contributed by atoms with Crippen molar-refractivity contribution in [1.29, 1.82) is 0 Å². The summed E-state index contributed by atoms with van der Waals surface area (Å²) >= 11 is 0. The maximum atomic E-state index is 10.9. The van der Waals surface area contributed by atoms with Crippen molar-refractivity contribution in [1.82, 2.24) is 0 Å². The number of carbonyl (C=O) groups is 1. The van der Waals surface area contributed by atoms with E-state index in [1.165, 1.54) is 0 Å². The number of hydrogen-bond acceptors (Lipinski definition) is 3. The summed E-state index contributed by atoms with van der Waals surface area (Å²) in [6.45, 7) is 8.30. The molecule has 2 aliphatic rings. The molecule has 0 spiro atoms. The van der Waals surface area contributed by atoms with Crippen molar-refractivity contribution >= 4 is 13.1 Å². The smallest absolute Gasteiger partial charge is 0.457 e. The summed E-state index contributed by atoms with van der Waals surface area (Å²) in [5, 5.41) is 9.00. The van der Waals surface area contributed by atoms with Crippen LogP contribution in [0.4, 0.5) is 0 Å². The average molecular weight is 282 g/mol. The largest absolute Gasteiger partial charge is 0.481 e. The molecule has 20 heavy (non-hydrogen) atoms. The molecule has 1 heterocycles. The van der Waals surface area contributed by atoms with Gasteiger partial charge >= 0.3 is 13.1 Å². The lowest BCUT2D eigenvalue weighted by Gasteiger charge is -2.32. The van der Waals surface area contributed by atoms with Crippen LogP contribution in [-0.2, 0) is 14.1 Å². The molecule has 1 saturated heterocycles. The SMILES string of the molecule is CC1(C)OB(CCC2CCC(C(=O)O)CC2)OC1(C)C. The normalized spacial score (nSPS) is 32.3. The second-order valence-corrected chi connectivity index (χ2v) is 7.32. The highest BCUT2D eigenvalue weighted by molar-refractivity contribution is 6.45. The van der Waals surface area contributed by atoms with Gasteiger partial charge in [-0.3, -0.25) is 4.79 Å². The second kappa shape index (κ2) is 5.68. The lowest BCUT2D eigenvalue weighted by atomic mass is 9.74. The minimum absolute atomic E-state index is 0.114. The summed E-state index contributed by atoms with van der Waals surface area (Å²) in [6, 6.07) is 0. The van der Waals surface area contributed by atoms with Crippen LogP contribution < -0.4 is 0 Å². The monoisotopic (exact) mass is 282 g/mol. The van der Waals surface area contributed by atoms with E-state index in [0.717, 1.165) is 38.4 Å². The van der Waals surface area contributed by atoms with Gasteiger partial charge in [-0.15, -0.1) is 0 Å². The van der Waals surface area contributed by atoms with Crippen molar-refractivity contribution < 1.29 is 19.2 Å². The molecule has 1 saturated carbocycles. The van der Waals surface area contributed by atoms with Crippen LogP contribution in [0.25, 0.3) is 0 Å². The van der Waals surface area contributed by atoms with Crippen LogP contribution in [0.2, 0.25) is 6.32 Å². The van der Waals surface area contributed by atoms with E-state index < -0.39 is 5.97 Å². The highest BCUT2D eigenvalue weighted by atomic mass is 16.7. The second-order valence-electron chi connectivity index (χ2n) is 7.32. The predicted octanol–water partition coefficient (Wildman–Crippen LogP) is 3.36. The molecule has 4 nitrogen and oxygen atoms in total. The number of hydrogen-bond donors (Lipinski definition) is 1. The summed E-state index contributed by atoms with van der Waals surface area (Å²) in [5.41, 5.74) is -0.503. The quantitative estimate of drug-likeness (QED) is 0.803. The Hall–Kier alpha value is -0.545. The van der Waals surface area contributed by atoms with Crippen molar-refractivity contribution in [2.75, 3.05) is 0 Å². The van der Waals surface area contributed by atoms with Crippen LogP contribution in [0.15, 0.2) is 0 Å². The Bertz CT molecular complexity index is 343. The van der Waals surface area contributed by atoms with Gasteiger partial charge in [-0.1, -0.05) is 6.42 Å². The Morgan fingerprint density at radius 1 is 1.10 bits per heavy atom. The first-order valence-electron chi connectivity index (χ1n) is 7.80. The van der Waals surface area contributed by atoms with Crippen molar-refractivity contribution in [3.05, 3.63) is 0 Å². The highest BCUT2D eigenvalue weighted by Gasteiger charge is 2.50. The minimum atomic E-state index is -0.630. The minimum Gasteiger partial charge on any atom is -0.481 e. The molecule has 0 aromatic heterocycles. The summed E-state index contributed by atoms with van der Waals surface area (Å²) in [6.07, 6.45) is 5.68. The average Bonchev–Trinajstić information content (AvgIpc) is 2.56. The van der Waals surface area contributed by atoms with Gasteiger partial charge in [-0.2, -0.15) is 0 Å². The van der Waals surface area contributed by atoms with E-state index in [1.54, 1.807) is 0 Å². The zero-order valence-corrected chi connectivity index (χ0v) is 13.1. The Labute approximate surface area is 122 Å². The first-order valence-corrected chi connectivity index (χ1v) is 7.80. The molecule has 0 aromatic carbocycles. The van der Waals surface area contributed by atoms with Gasteiger partial charge in [0, 0.05) is 0 Å². The maximum absolute atomic E-state index is 10.9. The van der Waals surface area contributed by atoms with Crippen LogP contribution >= 0.6 is 0 Å². The lowest BCUT2D eigenvalue weighted by molar-refractivity contribution is -0.143. The lowest BCUT2D eigenvalue weighted by Crippen LogP contribution is -2.41. The summed E-state index contributed by atoms with van der Waals surface area (Å²) in [4.78, 5) is 10.9. The van der Waals surface area contributed by atoms with E-state index in [4.69, 9.17) is 14.4 Å². The van der Waals surface area contributed by atoms with Crippen LogP contribution in [0.3, 0.4) is 0 Å². The van der Waals surface area contributed by atoms with Crippen molar-refractivity contribution in [3.8, 4) is 0 Å². The van der Waals surface area contributed by atoms with E-state index >= 15 is 0 Å². The molecule has 1 aliphatic heterocycles. The fraction of sp³-hybridized carbons (Fsp3) is 0.933. The van der Waals surface area contributed by atoms with Crippen LogP contribution in [0.1, 0.15) is 59.8 Å². The third kappa shape index (κ3) is 3.37. The van der Waals surface area contributed by atoms with Gasteiger partial charge in [0.1, 0.15) is 0 Å². The molecule has 114 valence electrons. The molecule has 0 aromatic rings. The molecule has 2 fully saturated rings.